The second kappa shape index (κ2) is 3.60. The Balaban J connectivity index is 2.38. The van der Waals surface area contributed by atoms with E-state index in [4.69, 9.17) is 9.72 Å². The Morgan fingerprint density at radius 2 is 2.00 bits per heavy atom. The van der Waals surface area contributed by atoms with Crippen LogP contribution in [0.1, 0.15) is 12.7 Å². The summed E-state index contributed by atoms with van der Waals surface area (Å²) in [6.45, 7) is 2.14. The minimum Gasteiger partial charge on any atom is -0.496 e. The number of rotatable bonds is 2. The Morgan fingerprint density at radius 3 is 2.79 bits per heavy atom. The van der Waals surface area contributed by atoms with Gasteiger partial charge in [0.2, 0.25) is 0 Å². The fraction of sp³-hybridized carbons (Fsp3) is 0.188. The van der Waals surface area contributed by atoms with Crippen LogP contribution in [0.25, 0.3) is 27.3 Å². The van der Waals surface area contributed by atoms with Crippen molar-refractivity contribution in [3.05, 3.63) is 42.2 Å². The standard InChI is InChI=1S/C16H14N2O/c1-3-14-17-11-7-4-6-10-15-12(18(14)16(10)11)8-5-9-13(15)19-2/h4-9H,3H2,1-2H3. The molecule has 0 spiro atoms. The van der Waals surface area contributed by atoms with Crippen LogP contribution in [0.5, 0.6) is 5.75 Å². The molecule has 0 amide bonds. The van der Waals surface area contributed by atoms with Crippen molar-refractivity contribution in [3.63, 3.8) is 0 Å². The van der Waals surface area contributed by atoms with Crippen LogP contribution in [0.3, 0.4) is 0 Å². The summed E-state index contributed by atoms with van der Waals surface area (Å²) in [4.78, 5) is 4.72. The summed E-state index contributed by atoms with van der Waals surface area (Å²) in [5.41, 5.74) is 3.45. The maximum Gasteiger partial charge on any atom is 0.128 e. The van der Waals surface area contributed by atoms with Gasteiger partial charge < -0.3 is 4.74 Å². The second-order valence-electron chi connectivity index (χ2n) is 4.74. The molecule has 19 heavy (non-hydrogen) atoms. The molecule has 0 N–H and O–H groups in total. The van der Waals surface area contributed by atoms with E-state index in [9.17, 15) is 0 Å². The van der Waals surface area contributed by atoms with Crippen molar-refractivity contribution in [1.29, 1.82) is 0 Å². The Hall–Kier alpha value is -2.29. The lowest BCUT2D eigenvalue weighted by atomic mass is 10.1. The molecular weight excluding hydrogens is 236 g/mol. The van der Waals surface area contributed by atoms with Crippen molar-refractivity contribution < 1.29 is 4.74 Å². The number of fused-ring (bicyclic) bond motifs is 3. The summed E-state index contributed by atoms with van der Waals surface area (Å²) in [6, 6.07) is 12.5. The minimum atomic E-state index is 0.921. The fourth-order valence-electron chi connectivity index (χ4n) is 3.02. The average Bonchev–Trinajstić information content (AvgIpc) is 3.00. The molecule has 0 aliphatic carbocycles. The third kappa shape index (κ3) is 1.19. The fourth-order valence-corrected chi connectivity index (χ4v) is 3.02. The molecule has 3 nitrogen and oxygen atoms in total. The molecule has 94 valence electrons. The van der Waals surface area contributed by atoms with Gasteiger partial charge in [0.15, 0.2) is 0 Å². The number of benzene rings is 2. The lowest BCUT2D eigenvalue weighted by molar-refractivity contribution is 0.420. The number of hydrogen-bond acceptors (Lipinski definition) is 2. The minimum absolute atomic E-state index is 0.921. The van der Waals surface area contributed by atoms with Crippen LogP contribution in [0.4, 0.5) is 0 Å². The molecule has 0 saturated heterocycles. The first-order chi connectivity index (χ1) is 9.35. The van der Waals surface area contributed by atoms with E-state index in [2.05, 4.69) is 35.6 Å². The number of methoxy groups -OCH3 is 1. The number of ether oxygens (including phenoxy) is 1. The van der Waals surface area contributed by atoms with Crippen molar-refractivity contribution in [2.45, 2.75) is 13.3 Å². The highest BCUT2D eigenvalue weighted by Gasteiger charge is 2.18. The normalized spacial score (nSPS) is 11.9. The van der Waals surface area contributed by atoms with E-state index < -0.39 is 0 Å². The molecule has 0 aliphatic heterocycles. The summed E-state index contributed by atoms with van der Waals surface area (Å²) in [7, 11) is 1.72. The average molecular weight is 250 g/mol. The first-order valence-corrected chi connectivity index (χ1v) is 6.53. The predicted molar refractivity (Wildman–Crippen MR) is 77.3 cm³/mol. The molecule has 0 radical (unpaired) electrons. The van der Waals surface area contributed by atoms with Crippen LogP contribution >= 0.6 is 0 Å². The highest BCUT2D eigenvalue weighted by atomic mass is 16.5. The Morgan fingerprint density at radius 1 is 1.16 bits per heavy atom. The quantitative estimate of drug-likeness (QED) is 0.543. The van der Waals surface area contributed by atoms with Crippen LogP contribution in [-0.2, 0) is 6.42 Å². The van der Waals surface area contributed by atoms with Gasteiger partial charge in [0.05, 0.1) is 29.0 Å². The lowest BCUT2D eigenvalue weighted by Crippen LogP contribution is -1.91. The van der Waals surface area contributed by atoms with Gasteiger partial charge in [0.25, 0.3) is 0 Å². The summed E-state index contributed by atoms with van der Waals surface area (Å²) >= 11 is 0. The predicted octanol–water partition coefficient (Wildman–Crippen LogP) is 3.65. The summed E-state index contributed by atoms with van der Waals surface area (Å²) in [5, 5.41) is 2.40. The lowest BCUT2D eigenvalue weighted by Gasteiger charge is -2.02. The third-order valence-corrected chi connectivity index (χ3v) is 3.80. The topological polar surface area (TPSA) is 26.5 Å². The molecule has 0 atom stereocenters. The van der Waals surface area contributed by atoms with Gasteiger partial charge >= 0.3 is 0 Å². The van der Waals surface area contributed by atoms with Gasteiger partial charge in [-0.25, -0.2) is 4.98 Å². The first-order valence-electron chi connectivity index (χ1n) is 6.53. The highest BCUT2D eigenvalue weighted by Crippen LogP contribution is 2.37. The van der Waals surface area contributed by atoms with Crippen molar-refractivity contribution in [2.24, 2.45) is 0 Å². The SMILES string of the molecule is CCc1nc2cccc3c4c(OC)cccc4n1c23. The van der Waals surface area contributed by atoms with Gasteiger partial charge in [0.1, 0.15) is 11.6 Å². The van der Waals surface area contributed by atoms with Gasteiger partial charge in [-0.3, -0.25) is 4.40 Å². The van der Waals surface area contributed by atoms with Crippen molar-refractivity contribution in [1.82, 2.24) is 9.38 Å². The maximum absolute atomic E-state index is 5.53. The van der Waals surface area contributed by atoms with E-state index >= 15 is 0 Å². The second-order valence-corrected chi connectivity index (χ2v) is 4.74. The smallest absolute Gasteiger partial charge is 0.128 e. The molecule has 0 fully saturated rings. The molecule has 2 aromatic heterocycles. The zero-order valence-electron chi connectivity index (χ0n) is 11.0. The number of para-hydroxylation sites is 1. The van der Waals surface area contributed by atoms with Crippen LogP contribution < -0.4 is 4.74 Å². The Labute approximate surface area is 110 Å². The van der Waals surface area contributed by atoms with Crippen molar-refractivity contribution >= 4 is 27.3 Å². The van der Waals surface area contributed by atoms with Gasteiger partial charge in [-0.15, -0.1) is 0 Å². The number of aryl methyl sites for hydroxylation is 1. The van der Waals surface area contributed by atoms with Crippen molar-refractivity contribution in [3.8, 4) is 5.75 Å². The molecular formula is C16H14N2O. The van der Waals surface area contributed by atoms with Crippen molar-refractivity contribution in [2.75, 3.05) is 7.11 Å². The Bertz CT molecular complexity index is 886. The largest absolute Gasteiger partial charge is 0.496 e. The third-order valence-electron chi connectivity index (χ3n) is 3.80. The number of nitrogens with zero attached hydrogens (tertiary/aromatic N) is 2. The van der Waals surface area contributed by atoms with Gasteiger partial charge in [0, 0.05) is 11.8 Å². The van der Waals surface area contributed by atoms with E-state index in [-0.39, 0.29) is 0 Å². The van der Waals surface area contributed by atoms with E-state index in [1.165, 1.54) is 21.8 Å². The summed E-state index contributed by atoms with van der Waals surface area (Å²) in [5.74, 6) is 2.03. The number of aromatic nitrogens is 2. The van der Waals surface area contributed by atoms with Gasteiger partial charge in [-0.2, -0.15) is 0 Å². The molecule has 0 unspecified atom stereocenters. The zero-order chi connectivity index (χ0) is 13.0. The van der Waals surface area contributed by atoms with E-state index in [0.29, 0.717) is 0 Å². The zero-order valence-corrected chi connectivity index (χ0v) is 11.0. The van der Waals surface area contributed by atoms with Crippen LogP contribution in [-0.4, -0.2) is 16.5 Å². The molecule has 2 heterocycles. The van der Waals surface area contributed by atoms with Crippen LogP contribution in [0.2, 0.25) is 0 Å². The molecule has 4 rings (SSSR count). The van der Waals surface area contributed by atoms with Gasteiger partial charge in [-0.05, 0) is 18.2 Å². The molecule has 0 saturated carbocycles. The van der Waals surface area contributed by atoms with Crippen LogP contribution in [0.15, 0.2) is 36.4 Å². The highest BCUT2D eigenvalue weighted by molar-refractivity contribution is 6.15. The van der Waals surface area contributed by atoms with E-state index in [1.54, 1.807) is 7.11 Å². The summed E-state index contributed by atoms with van der Waals surface area (Å²) < 4.78 is 7.79. The number of imidazole rings is 1. The monoisotopic (exact) mass is 250 g/mol. The first kappa shape index (κ1) is 10.6. The summed E-state index contributed by atoms with van der Waals surface area (Å²) in [6.07, 6.45) is 0.921. The maximum atomic E-state index is 5.53. The van der Waals surface area contributed by atoms with Gasteiger partial charge in [-0.1, -0.05) is 25.1 Å². The molecule has 0 aliphatic rings. The molecule has 0 bridgehead atoms. The van der Waals surface area contributed by atoms with E-state index in [1.807, 2.05) is 12.1 Å². The number of hydrogen-bond donors (Lipinski definition) is 0. The van der Waals surface area contributed by atoms with E-state index in [0.717, 1.165) is 23.5 Å². The Kier molecular flexibility index (Phi) is 2.01. The van der Waals surface area contributed by atoms with Crippen LogP contribution in [0, 0.1) is 0 Å². The molecule has 4 aromatic rings. The molecule has 3 heteroatoms. The molecule has 2 aromatic carbocycles.